The molecule has 5 nitrogen and oxygen atoms in total. The molecule has 0 spiro atoms. The van der Waals surface area contributed by atoms with E-state index in [1.807, 2.05) is 49.6 Å². The van der Waals surface area contributed by atoms with Gasteiger partial charge < -0.3 is 15.3 Å². The zero-order valence-corrected chi connectivity index (χ0v) is 25.5. The van der Waals surface area contributed by atoms with Gasteiger partial charge in [-0.25, -0.2) is 4.79 Å². The molecule has 1 amide bonds. The normalized spacial score (nSPS) is 14.4. The molecule has 0 aliphatic heterocycles. The number of carbonyl (C=O) groups is 2. The number of aliphatic carboxylic acids is 1. The minimum atomic E-state index is -1.01. The first-order chi connectivity index (χ1) is 19.9. The van der Waals surface area contributed by atoms with Crippen LogP contribution in [0.5, 0.6) is 0 Å². The number of anilines is 1. The number of rotatable bonds is 13. The largest absolute Gasteiger partial charge is 0.480 e. The van der Waals surface area contributed by atoms with Crippen molar-refractivity contribution in [2.24, 2.45) is 5.92 Å². The third kappa shape index (κ3) is 8.62. The Kier molecular flexibility index (Phi) is 11.3. The molecule has 1 fully saturated rings. The summed E-state index contributed by atoms with van der Waals surface area (Å²) in [5, 5.41) is 12.5. The van der Waals surface area contributed by atoms with E-state index in [0.29, 0.717) is 17.7 Å². The number of aryl methyl sites for hydroxylation is 2. The summed E-state index contributed by atoms with van der Waals surface area (Å²) in [6, 6.07) is 21.9. The van der Waals surface area contributed by atoms with Crippen LogP contribution in [0.2, 0.25) is 0 Å². The fourth-order valence-corrected chi connectivity index (χ4v) is 6.34. The quantitative estimate of drug-likeness (QED) is 0.218. The van der Waals surface area contributed by atoms with Crippen LogP contribution < -0.4 is 10.2 Å². The van der Waals surface area contributed by atoms with E-state index in [4.69, 9.17) is 0 Å². The van der Waals surface area contributed by atoms with Crippen molar-refractivity contribution < 1.29 is 14.7 Å². The van der Waals surface area contributed by atoms with Gasteiger partial charge in [-0.15, -0.1) is 0 Å². The molecule has 0 aromatic heterocycles. The van der Waals surface area contributed by atoms with E-state index in [9.17, 15) is 14.7 Å². The zero-order chi connectivity index (χ0) is 29.2. The van der Waals surface area contributed by atoms with Gasteiger partial charge in [-0.3, -0.25) is 4.79 Å². The van der Waals surface area contributed by atoms with Gasteiger partial charge in [-0.1, -0.05) is 74.6 Å². The Morgan fingerprint density at radius 1 is 0.976 bits per heavy atom. The van der Waals surface area contributed by atoms with Crippen LogP contribution in [0, 0.1) is 19.8 Å². The van der Waals surface area contributed by atoms with Crippen LogP contribution in [0.15, 0.2) is 66.7 Å². The number of hydrogen-bond acceptors (Lipinski definition) is 4. The highest BCUT2D eigenvalue weighted by Gasteiger charge is 2.23. The summed E-state index contributed by atoms with van der Waals surface area (Å²) in [4.78, 5) is 27.8. The van der Waals surface area contributed by atoms with Crippen molar-refractivity contribution in [1.29, 1.82) is 0 Å². The van der Waals surface area contributed by atoms with E-state index in [2.05, 4.69) is 47.5 Å². The van der Waals surface area contributed by atoms with Crippen molar-refractivity contribution >= 4 is 29.3 Å². The summed E-state index contributed by atoms with van der Waals surface area (Å²) >= 11 is 1.57. The van der Waals surface area contributed by atoms with Gasteiger partial charge in [0.25, 0.3) is 5.91 Å². The average molecular weight is 573 g/mol. The van der Waals surface area contributed by atoms with Gasteiger partial charge >= 0.3 is 5.97 Å². The Labute approximate surface area is 249 Å². The number of benzene rings is 3. The maximum Gasteiger partial charge on any atom is 0.326 e. The second-order valence-corrected chi connectivity index (χ2v) is 12.4. The third-order valence-electron chi connectivity index (χ3n) is 8.25. The number of nitrogens with zero attached hydrogens (tertiary/aromatic N) is 1. The van der Waals surface area contributed by atoms with E-state index in [1.54, 1.807) is 11.8 Å². The minimum Gasteiger partial charge on any atom is -0.480 e. The minimum absolute atomic E-state index is 0.351. The van der Waals surface area contributed by atoms with E-state index in [-0.39, 0.29) is 5.91 Å². The van der Waals surface area contributed by atoms with E-state index in [1.165, 1.54) is 49.8 Å². The molecule has 3 aromatic carbocycles. The second-order valence-electron chi connectivity index (χ2n) is 11.4. The van der Waals surface area contributed by atoms with Crippen LogP contribution in [-0.2, 0) is 11.3 Å². The molecule has 0 radical (unpaired) electrons. The summed E-state index contributed by atoms with van der Waals surface area (Å²) in [6.45, 7) is 5.91. The number of carboxylic acid groups (broad SMARTS) is 1. The van der Waals surface area contributed by atoms with Crippen LogP contribution in [0.3, 0.4) is 0 Å². The molecular formula is C35H44N2O3S. The molecule has 6 heteroatoms. The van der Waals surface area contributed by atoms with Crippen molar-refractivity contribution in [3.63, 3.8) is 0 Å². The number of nitrogens with one attached hydrogen (secondary N) is 1. The van der Waals surface area contributed by atoms with Gasteiger partial charge in [0.1, 0.15) is 6.04 Å². The van der Waals surface area contributed by atoms with Crippen LogP contribution in [0.25, 0.3) is 11.1 Å². The molecule has 0 heterocycles. The van der Waals surface area contributed by atoms with Gasteiger partial charge in [0.05, 0.1) is 0 Å². The van der Waals surface area contributed by atoms with Gasteiger partial charge in [0, 0.05) is 24.3 Å². The summed E-state index contributed by atoms with van der Waals surface area (Å²) in [5.41, 5.74) is 6.99. The number of amides is 1. The van der Waals surface area contributed by atoms with Crippen LogP contribution in [0.4, 0.5) is 5.69 Å². The van der Waals surface area contributed by atoms with Crippen molar-refractivity contribution in [2.75, 3.05) is 23.5 Å². The predicted molar refractivity (Wildman–Crippen MR) is 172 cm³/mol. The van der Waals surface area contributed by atoms with Crippen molar-refractivity contribution in [3.05, 3.63) is 89.0 Å². The fourth-order valence-electron chi connectivity index (χ4n) is 5.87. The summed E-state index contributed by atoms with van der Waals surface area (Å²) < 4.78 is 0. The van der Waals surface area contributed by atoms with Crippen LogP contribution >= 0.6 is 11.8 Å². The lowest BCUT2D eigenvalue weighted by molar-refractivity contribution is -0.139. The van der Waals surface area contributed by atoms with Gasteiger partial charge in [-0.2, -0.15) is 11.8 Å². The first kappa shape index (κ1) is 30.7. The second kappa shape index (κ2) is 15.1. The number of hydrogen-bond donors (Lipinski definition) is 2. The Hall–Kier alpha value is -3.25. The Morgan fingerprint density at radius 2 is 1.76 bits per heavy atom. The Balaban J connectivity index is 1.65. The predicted octanol–water partition coefficient (Wildman–Crippen LogP) is 7.88. The highest BCUT2D eigenvalue weighted by atomic mass is 32.2. The third-order valence-corrected chi connectivity index (χ3v) is 8.89. The molecule has 1 aliphatic rings. The molecule has 1 atom stereocenters. The van der Waals surface area contributed by atoms with Gasteiger partial charge in [0.15, 0.2) is 0 Å². The molecule has 4 rings (SSSR count). The number of thioether (sulfide) groups is 1. The van der Waals surface area contributed by atoms with E-state index >= 15 is 0 Å². The monoisotopic (exact) mass is 572 g/mol. The molecule has 41 heavy (non-hydrogen) atoms. The van der Waals surface area contributed by atoms with E-state index < -0.39 is 12.0 Å². The van der Waals surface area contributed by atoms with Crippen LogP contribution in [-0.4, -0.2) is 41.6 Å². The first-order valence-corrected chi connectivity index (χ1v) is 16.3. The molecule has 1 aliphatic carbocycles. The molecule has 0 saturated heterocycles. The highest BCUT2D eigenvalue weighted by Crippen LogP contribution is 2.31. The molecule has 1 saturated carbocycles. The summed E-state index contributed by atoms with van der Waals surface area (Å²) in [6.07, 6.45) is 10.2. The number of carboxylic acids is 1. The lowest BCUT2D eigenvalue weighted by Gasteiger charge is -2.29. The fraction of sp³-hybridized carbons (Fsp3) is 0.429. The maximum absolute atomic E-state index is 13.5. The molecule has 0 bridgehead atoms. The highest BCUT2D eigenvalue weighted by molar-refractivity contribution is 7.98. The Bertz CT molecular complexity index is 1320. The van der Waals surface area contributed by atoms with Gasteiger partial charge in [0.2, 0.25) is 0 Å². The number of carbonyl (C=O) groups excluding carboxylic acids is 1. The first-order valence-electron chi connectivity index (χ1n) is 14.9. The summed E-state index contributed by atoms with van der Waals surface area (Å²) in [5.74, 6) is 0.0959. The average Bonchev–Trinajstić information content (AvgIpc) is 2.98. The summed E-state index contributed by atoms with van der Waals surface area (Å²) in [7, 11) is 0. The van der Waals surface area contributed by atoms with Crippen molar-refractivity contribution in [3.8, 4) is 11.1 Å². The standard InChI is InChI=1S/C35H44N2O3S/c1-25-10-9-14-29(22-25)37(20-18-27-12-5-4-6-13-27)24-28-16-17-31(32(23-28)30-15-8-7-11-26(30)2)34(38)36-33(35(39)40)19-21-41-3/h7-11,14-17,22-23,27,33H,4-6,12-13,18-21,24H2,1-3H3,(H,36,38)(H,39,40)/t33-/m0/s1. The van der Waals surface area contributed by atoms with Crippen molar-refractivity contribution in [2.45, 2.75) is 71.4 Å². The molecule has 0 unspecified atom stereocenters. The maximum atomic E-state index is 13.5. The SMILES string of the molecule is CSCC[C@H](NC(=O)c1ccc(CN(CCC2CCCCC2)c2cccc(C)c2)cc1-c1ccccc1C)C(=O)O. The molecule has 218 valence electrons. The Morgan fingerprint density at radius 3 is 2.46 bits per heavy atom. The van der Waals surface area contributed by atoms with Crippen molar-refractivity contribution in [1.82, 2.24) is 5.32 Å². The molecule has 2 N–H and O–H groups in total. The lowest BCUT2D eigenvalue weighted by Crippen LogP contribution is -2.41. The van der Waals surface area contributed by atoms with Gasteiger partial charge in [-0.05, 0) is 96.7 Å². The lowest BCUT2D eigenvalue weighted by atomic mass is 9.87. The van der Waals surface area contributed by atoms with E-state index in [0.717, 1.165) is 41.3 Å². The topological polar surface area (TPSA) is 69.6 Å². The smallest absolute Gasteiger partial charge is 0.326 e. The molecule has 3 aromatic rings. The van der Waals surface area contributed by atoms with Crippen LogP contribution in [0.1, 0.15) is 72.0 Å². The zero-order valence-electron chi connectivity index (χ0n) is 24.7. The molecular weight excluding hydrogens is 528 g/mol.